The van der Waals surface area contributed by atoms with Crippen LogP contribution in [0.4, 0.5) is 0 Å². The molecule has 0 aliphatic rings. The van der Waals surface area contributed by atoms with Gasteiger partial charge in [-0.3, -0.25) is 0 Å². The Bertz CT molecular complexity index is 112. The average Bonchev–Trinajstić information content (AvgIpc) is 1.86. The molecule has 0 aliphatic heterocycles. The first kappa shape index (κ1) is 9.07. The Hall–Kier alpha value is 0.0700. The Balaban J connectivity index is 4.09. The van der Waals surface area contributed by atoms with E-state index < -0.39 is 16.0 Å². The smallest absolute Gasteiger partial charge is 0.173 e. The average molecular weight is 151 g/mol. The zero-order chi connectivity index (χ0) is 7.49. The number of hydrogen-bond donors (Lipinski definition) is 2. The number of rotatable bonds is 3. The van der Waals surface area contributed by atoms with Crippen molar-refractivity contribution >= 4 is 11.1 Å². The molecule has 0 heterocycles. The zero-order valence-electron chi connectivity index (χ0n) is 5.76. The van der Waals surface area contributed by atoms with Crippen molar-refractivity contribution in [3.63, 3.8) is 0 Å². The summed E-state index contributed by atoms with van der Waals surface area (Å²) in [6.45, 7) is 3.61. The lowest BCUT2D eigenvalue weighted by Gasteiger charge is -2.20. The van der Waals surface area contributed by atoms with Gasteiger partial charge in [0.2, 0.25) is 0 Å². The highest BCUT2D eigenvalue weighted by Gasteiger charge is 2.26. The molecule has 0 aromatic carbocycles. The second-order valence-electron chi connectivity index (χ2n) is 2.02. The van der Waals surface area contributed by atoms with Crippen molar-refractivity contribution < 1.29 is 8.76 Å². The van der Waals surface area contributed by atoms with Crippen molar-refractivity contribution in [2.75, 3.05) is 0 Å². The van der Waals surface area contributed by atoms with Gasteiger partial charge in [-0.25, -0.2) is 4.21 Å². The van der Waals surface area contributed by atoms with Crippen LogP contribution < -0.4 is 5.73 Å². The Morgan fingerprint density at radius 1 is 1.56 bits per heavy atom. The van der Waals surface area contributed by atoms with Gasteiger partial charge >= 0.3 is 0 Å². The topological polar surface area (TPSA) is 63.3 Å². The molecule has 0 fully saturated rings. The van der Waals surface area contributed by atoms with Gasteiger partial charge in [0.1, 0.15) is 4.87 Å². The van der Waals surface area contributed by atoms with E-state index in [0.29, 0.717) is 12.8 Å². The molecule has 0 rings (SSSR count). The van der Waals surface area contributed by atoms with Crippen LogP contribution in [0.25, 0.3) is 0 Å². The third kappa shape index (κ3) is 2.04. The molecule has 9 heavy (non-hydrogen) atoms. The first-order valence-electron chi connectivity index (χ1n) is 2.96. The molecule has 0 aliphatic carbocycles. The van der Waals surface area contributed by atoms with Gasteiger partial charge in [-0.1, -0.05) is 13.8 Å². The van der Waals surface area contributed by atoms with Crippen molar-refractivity contribution in [1.82, 2.24) is 0 Å². The van der Waals surface area contributed by atoms with Gasteiger partial charge < -0.3 is 10.3 Å². The van der Waals surface area contributed by atoms with Crippen molar-refractivity contribution in [2.24, 2.45) is 5.73 Å². The SMILES string of the molecule is CCC(N)(CC)S(=O)O. The predicted octanol–water partition coefficient (Wildman–Crippen LogP) is 0.683. The second-order valence-corrected chi connectivity index (χ2v) is 3.33. The highest BCUT2D eigenvalue weighted by molar-refractivity contribution is 7.80. The highest BCUT2D eigenvalue weighted by atomic mass is 32.2. The molecule has 0 aromatic heterocycles. The Morgan fingerprint density at radius 3 is 1.89 bits per heavy atom. The fourth-order valence-corrected chi connectivity index (χ4v) is 0.991. The molecule has 0 saturated carbocycles. The van der Waals surface area contributed by atoms with E-state index in [1.807, 2.05) is 0 Å². The fraction of sp³-hybridized carbons (Fsp3) is 1.00. The van der Waals surface area contributed by atoms with Gasteiger partial charge in [0.05, 0.1) is 0 Å². The normalized spacial score (nSPS) is 15.6. The van der Waals surface area contributed by atoms with Gasteiger partial charge in [-0.15, -0.1) is 0 Å². The molecule has 0 radical (unpaired) electrons. The maximum absolute atomic E-state index is 10.5. The summed E-state index contributed by atoms with van der Waals surface area (Å²) in [7, 11) is 0. The minimum atomic E-state index is -1.89. The lowest BCUT2D eigenvalue weighted by Crippen LogP contribution is -2.42. The van der Waals surface area contributed by atoms with Gasteiger partial charge in [0, 0.05) is 0 Å². The summed E-state index contributed by atoms with van der Waals surface area (Å²) in [4.78, 5) is -0.889. The van der Waals surface area contributed by atoms with Crippen LogP contribution in [0.2, 0.25) is 0 Å². The molecule has 3 N–H and O–H groups in total. The molecule has 1 unspecified atom stereocenters. The van der Waals surface area contributed by atoms with Crippen molar-refractivity contribution in [2.45, 2.75) is 31.6 Å². The molecule has 4 heteroatoms. The summed E-state index contributed by atoms with van der Waals surface area (Å²) >= 11 is -1.89. The van der Waals surface area contributed by atoms with Crippen molar-refractivity contribution in [1.29, 1.82) is 0 Å². The first-order chi connectivity index (χ1) is 4.06. The van der Waals surface area contributed by atoms with E-state index in [4.69, 9.17) is 10.3 Å². The minimum Gasteiger partial charge on any atom is -0.313 e. The first-order valence-corrected chi connectivity index (χ1v) is 4.07. The van der Waals surface area contributed by atoms with Crippen LogP contribution in [0.5, 0.6) is 0 Å². The maximum Gasteiger partial charge on any atom is 0.173 e. The molecule has 1 atom stereocenters. The third-order valence-electron chi connectivity index (χ3n) is 1.54. The van der Waals surface area contributed by atoms with E-state index in [0.717, 1.165) is 0 Å². The van der Waals surface area contributed by atoms with E-state index in [1.54, 1.807) is 13.8 Å². The minimum absolute atomic E-state index is 0.534. The molecule has 56 valence electrons. The predicted molar refractivity (Wildman–Crippen MR) is 38.3 cm³/mol. The molecule has 0 bridgehead atoms. The highest BCUT2D eigenvalue weighted by Crippen LogP contribution is 2.13. The summed E-state index contributed by atoms with van der Waals surface area (Å²) < 4.78 is 19.1. The van der Waals surface area contributed by atoms with E-state index in [-0.39, 0.29) is 0 Å². The largest absolute Gasteiger partial charge is 0.313 e. The van der Waals surface area contributed by atoms with Crippen LogP contribution in [-0.2, 0) is 11.1 Å². The quantitative estimate of drug-likeness (QED) is 0.583. The van der Waals surface area contributed by atoms with E-state index >= 15 is 0 Å². The van der Waals surface area contributed by atoms with Crippen LogP contribution >= 0.6 is 0 Å². The van der Waals surface area contributed by atoms with E-state index in [1.165, 1.54) is 0 Å². The van der Waals surface area contributed by atoms with Gasteiger partial charge in [-0.05, 0) is 12.8 Å². The molecular formula is C5H13NO2S. The third-order valence-corrected chi connectivity index (χ3v) is 2.82. The Morgan fingerprint density at radius 2 is 1.89 bits per heavy atom. The summed E-state index contributed by atoms with van der Waals surface area (Å²) in [6.07, 6.45) is 1.07. The summed E-state index contributed by atoms with van der Waals surface area (Å²) in [5, 5.41) is 0. The molecule has 0 amide bonds. The number of nitrogens with two attached hydrogens (primary N) is 1. The standard InChI is InChI=1S/C5H13NO2S/c1-3-5(6,4-2)9(7)8/h3-4,6H2,1-2H3,(H,7,8). The molecule has 0 aromatic rings. The van der Waals surface area contributed by atoms with Crippen LogP contribution in [0.3, 0.4) is 0 Å². The van der Waals surface area contributed by atoms with Crippen LogP contribution in [0, 0.1) is 0 Å². The summed E-state index contributed by atoms with van der Waals surface area (Å²) in [6, 6.07) is 0. The monoisotopic (exact) mass is 151 g/mol. The van der Waals surface area contributed by atoms with Crippen LogP contribution in [0.15, 0.2) is 0 Å². The van der Waals surface area contributed by atoms with Crippen LogP contribution in [0.1, 0.15) is 26.7 Å². The molecular weight excluding hydrogens is 138 g/mol. The van der Waals surface area contributed by atoms with Crippen molar-refractivity contribution in [3.05, 3.63) is 0 Å². The summed E-state index contributed by atoms with van der Waals surface area (Å²) in [5.74, 6) is 0. The van der Waals surface area contributed by atoms with Crippen molar-refractivity contribution in [3.8, 4) is 0 Å². The maximum atomic E-state index is 10.5. The van der Waals surface area contributed by atoms with Gasteiger partial charge in [-0.2, -0.15) is 0 Å². The van der Waals surface area contributed by atoms with Gasteiger partial charge in [0.25, 0.3) is 0 Å². The molecule has 3 nitrogen and oxygen atoms in total. The molecule has 0 saturated heterocycles. The number of hydrogen-bond acceptors (Lipinski definition) is 2. The lowest BCUT2D eigenvalue weighted by molar-refractivity contribution is 0.470. The lowest BCUT2D eigenvalue weighted by atomic mass is 10.2. The fourth-order valence-electron chi connectivity index (χ4n) is 0.497. The zero-order valence-corrected chi connectivity index (χ0v) is 6.57. The molecule has 0 spiro atoms. The van der Waals surface area contributed by atoms with Crippen LogP contribution in [-0.4, -0.2) is 13.6 Å². The van der Waals surface area contributed by atoms with E-state index in [2.05, 4.69) is 0 Å². The second kappa shape index (κ2) is 3.29. The van der Waals surface area contributed by atoms with E-state index in [9.17, 15) is 4.21 Å². The Labute approximate surface area is 57.9 Å². The van der Waals surface area contributed by atoms with Gasteiger partial charge in [0.15, 0.2) is 11.1 Å². The summed E-state index contributed by atoms with van der Waals surface area (Å²) in [5.41, 5.74) is 5.49. The Kier molecular flexibility index (Phi) is 3.32.